The van der Waals surface area contributed by atoms with Crippen LogP contribution in [0.2, 0.25) is 0 Å². The van der Waals surface area contributed by atoms with Gasteiger partial charge in [0.1, 0.15) is 0 Å². The molecule has 1 aromatic carbocycles. The highest BCUT2D eigenvalue weighted by Crippen LogP contribution is 2.14. The van der Waals surface area contributed by atoms with Crippen LogP contribution in [-0.2, 0) is 6.42 Å². The lowest BCUT2D eigenvalue weighted by Gasteiger charge is -2.06. The average molecular weight is 357 g/mol. The van der Waals surface area contributed by atoms with E-state index < -0.39 is 0 Å². The summed E-state index contributed by atoms with van der Waals surface area (Å²) in [4.78, 5) is 28.9. The molecule has 122 valence electrons. The number of thiophene rings is 1. The first-order valence-electron chi connectivity index (χ1n) is 7.34. The number of hydrogen-bond donors (Lipinski definition) is 2. The zero-order valence-corrected chi connectivity index (χ0v) is 14.3. The van der Waals surface area contributed by atoms with Crippen LogP contribution in [0, 0.1) is 0 Å². The van der Waals surface area contributed by atoms with E-state index in [9.17, 15) is 9.59 Å². The summed E-state index contributed by atoms with van der Waals surface area (Å²) < 4.78 is 0. The molecule has 7 heteroatoms. The minimum absolute atomic E-state index is 0.136. The lowest BCUT2D eigenvalue weighted by molar-refractivity contribution is 0.0953. The van der Waals surface area contributed by atoms with Gasteiger partial charge in [0.15, 0.2) is 0 Å². The fourth-order valence-corrected chi connectivity index (χ4v) is 3.31. The fourth-order valence-electron chi connectivity index (χ4n) is 2.07. The highest BCUT2D eigenvalue weighted by atomic mass is 32.1. The highest BCUT2D eigenvalue weighted by Gasteiger charge is 2.08. The maximum atomic E-state index is 12.1. The van der Waals surface area contributed by atoms with Crippen LogP contribution in [0.15, 0.2) is 53.4 Å². The van der Waals surface area contributed by atoms with Gasteiger partial charge in [0.2, 0.25) is 0 Å². The van der Waals surface area contributed by atoms with Crippen molar-refractivity contribution < 1.29 is 9.59 Å². The highest BCUT2D eigenvalue weighted by molar-refractivity contribution is 7.12. The Bertz CT molecular complexity index is 797. The third kappa shape index (κ3) is 4.27. The van der Waals surface area contributed by atoms with Crippen molar-refractivity contribution in [2.75, 3.05) is 11.9 Å². The number of amides is 2. The van der Waals surface area contributed by atoms with E-state index >= 15 is 0 Å². The van der Waals surface area contributed by atoms with E-state index in [1.54, 1.807) is 47.9 Å². The zero-order chi connectivity index (χ0) is 16.8. The normalized spacial score (nSPS) is 10.3. The Morgan fingerprint density at radius 1 is 1.00 bits per heavy atom. The molecule has 0 aliphatic rings. The summed E-state index contributed by atoms with van der Waals surface area (Å²) in [5, 5.41) is 10.4. The average Bonchev–Trinajstić information content (AvgIpc) is 3.29. The summed E-state index contributed by atoms with van der Waals surface area (Å²) in [6, 6.07) is 10.4. The number of nitrogens with zero attached hydrogens (tertiary/aromatic N) is 1. The first-order chi connectivity index (χ1) is 11.7. The summed E-state index contributed by atoms with van der Waals surface area (Å²) in [7, 11) is 0. The topological polar surface area (TPSA) is 71.1 Å². The quantitative estimate of drug-likeness (QED) is 0.710. The molecule has 2 N–H and O–H groups in total. The van der Waals surface area contributed by atoms with Crippen LogP contribution in [0.5, 0.6) is 0 Å². The largest absolute Gasteiger partial charge is 0.352 e. The second-order valence-corrected chi connectivity index (χ2v) is 6.87. The Morgan fingerprint density at radius 3 is 2.50 bits per heavy atom. The molecule has 24 heavy (non-hydrogen) atoms. The van der Waals surface area contributed by atoms with Gasteiger partial charge in [0.05, 0.1) is 9.88 Å². The lowest BCUT2D eigenvalue weighted by Crippen LogP contribution is -2.25. The predicted octanol–water partition coefficient (Wildman–Crippen LogP) is 3.43. The number of benzene rings is 1. The Balaban J connectivity index is 1.51. The molecule has 3 rings (SSSR count). The van der Waals surface area contributed by atoms with Crippen molar-refractivity contribution in [1.29, 1.82) is 0 Å². The molecular weight excluding hydrogens is 342 g/mol. The van der Waals surface area contributed by atoms with Crippen molar-refractivity contribution in [2.24, 2.45) is 0 Å². The first-order valence-corrected chi connectivity index (χ1v) is 9.10. The Hall–Kier alpha value is -2.51. The summed E-state index contributed by atoms with van der Waals surface area (Å²) >= 11 is 2.96. The molecular formula is C17H15N3O2S2. The standard InChI is InChI=1S/C17H15N3O2S2/c21-16(19-8-7-15-18-9-11-24-15)12-3-5-13(6-4-12)20-17(22)14-2-1-10-23-14/h1-6,9-11H,7-8H2,(H,19,21)(H,20,22). The summed E-state index contributed by atoms with van der Waals surface area (Å²) in [5.74, 6) is -0.284. The summed E-state index contributed by atoms with van der Waals surface area (Å²) in [6.07, 6.45) is 2.48. The van der Waals surface area contributed by atoms with E-state index in [0.29, 0.717) is 22.7 Å². The molecule has 0 spiro atoms. The molecule has 0 saturated carbocycles. The Labute approximate surface area is 147 Å². The number of rotatable bonds is 6. The zero-order valence-electron chi connectivity index (χ0n) is 12.7. The number of nitrogens with one attached hydrogen (secondary N) is 2. The van der Waals surface area contributed by atoms with E-state index in [0.717, 1.165) is 11.4 Å². The fraction of sp³-hybridized carbons (Fsp3) is 0.118. The predicted molar refractivity (Wildman–Crippen MR) is 96.9 cm³/mol. The van der Waals surface area contributed by atoms with Crippen LogP contribution >= 0.6 is 22.7 Å². The molecule has 0 aliphatic carbocycles. The van der Waals surface area contributed by atoms with Crippen LogP contribution in [-0.4, -0.2) is 23.3 Å². The molecule has 2 amide bonds. The Kier molecular flexibility index (Phi) is 5.35. The molecule has 0 unspecified atom stereocenters. The van der Waals surface area contributed by atoms with Crippen molar-refractivity contribution in [3.05, 3.63) is 68.8 Å². The van der Waals surface area contributed by atoms with Crippen molar-refractivity contribution in [1.82, 2.24) is 10.3 Å². The van der Waals surface area contributed by atoms with Crippen LogP contribution in [0.1, 0.15) is 25.0 Å². The minimum atomic E-state index is -0.148. The van der Waals surface area contributed by atoms with E-state index in [1.807, 2.05) is 16.8 Å². The SMILES string of the molecule is O=C(NCCc1nccs1)c1ccc(NC(=O)c2cccs2)cc1. The van der Waals surface area contributed by atoms with Gasteiger partial charge in [-0.05, 0) is 35.7 Å². The molecule has 0 aliphatic heterocycles. The van der Waals surface area contributed by atoms with Crippen LogP contribution in [0.4, 0.5) is 5.69 Å². The van der Waals surface area contributed by atoms with Gasteiger partial charge in [0.25, 0.3) is 11.8 Å². The van der Waals surface area contributed by atoms with E-state index in [1.165, 1.54) is 11.3 Å². The monoisotopic (exact) mass is 357 g/mol. The second kappa shape index (κ2) is 7.85. The molecule has 0 bridgehead atoms. The number of thiazole rings is 1. The molecule has 5 nitrogen and oxygen atoms in total. The maximum Gasteiger partial charge on any atom is 0.265 e. The molecule has 0 radical (unpaired) electrons. The number of aromatic nitrogens is 1. The van der Waals surface area contributed by atoms with Crippen LogP contribution in [0.25, 0.3) is 0 Å². The van der Waals surface area contributed by atoms with Gasteiger partial charge >= 0.3 is 0 Å². The van der Waals surface area contributed by atoms with E-state index in [4.69, 9.17) is 0 Å². The number of hydrogen-bond acceptors (Lipinski definition) is 5. The summed E-state index contributed by atoms with van der Waals surface area (Å²) in [5.41, 5.74) is 1.22. The van der Waals surface area contributed by atoms with Crippen LogP contribution in [0.3, 0.4) is 0 Å². The van der Waals surface area contributed by atoms with Gasteiger partial charge in [0, 0.05) is 35.8 Å². The van der Waals surface area contributed by atoms with Crippen LogP contribution < -0.4 is 10.6 Å². The molecule has 0 atom stereocenters. The van der Waals surface area contributed by atoms with Gasteiger partial charge in [-0.25, -0.2) is 4.98 Å². The number of carbonyl (C=O) groups is 2. The molecule has 0 fully saturated rings. The number of anilines is 1. The van der Waals surface area contributed by atoms with Gasteiger partial charge in [-0.2, -0.15) is 0 Å². The van der Waals surface area contributed by atoms with E-state index in [2.05, 4.69) is 15.6 Å². The summed E-state index contributed by atoms with van der Waals surface area (Å²) in [6.45, 7) is 0.545. The molecule has 2 heterocycles. The van der Waals surface area contributed by atoms with Gasteiger partial charge < -0.3 is 10.6 Å². The smallest absolute Gasteiger partial charge is 0.265 e. The minimum Gasteiger partial charge on any atom is -0.352 e. The third-order valence-corrected chi connectivity index (χ3v) is 4.97. The molecule has 3 aromatic rings. The molecule has 2 aromatic heterocycles. The van der Waals surface area contributed by atoms with Crippen molar-refractivity contribution >= 4 is 40.2 Å². The van der Waals surface area contributed by atoms with Gasteiger partial charge in [-0.15, -0.1) is 22.7 Å². The van der Waals surface area contributed by atoms with Gasteiger partial charge in [-0.1, -0.05) is 6.07 Å². The number of carbonyl (C=O) groups excluding carboxylic acids is 2. The second-order valence-electron chi connectivity index (χ2n) is 4.94. The lowest BCUT2D eigenvalue weighted by atomic mass is 10.2. The Morgan fingerprint density at radius 2 is 1.83 bits per heavy atom. The molecule has 0 saturated heterocycles. The van der Waals surface area contributed by atoms with Crippen molar-refractivity contribution in [2.45, 2.75) is 6.42 Å². The van der Waals surface area contributed by atoms with Crippen molar-refractivity contribution in [3.8, 4) is 0 Å². The van der Waals surface area contributed by atoms with E-state index in [-0.39, 0.29) is 11.8 Å². The van der Waals surface area contributed by atoms with Gasteiger partial charge in [-0.3, -0.25) is 9.59 Å². The first kappa shape index (κ1) is 16.4. The third-order valence-electron chi connectivity index (χ3n) is 3.26. The maximum absolute atomic E-state index is 12.1. The van der Waals surface area contributed by atoms with Crippen molar-refractivity contribution in [3.63, 3.8) is 0 Å².